The van der Waals surface area contributed by atoms with Crippen molar-refractivity contribution < 1.29 is 14.3 Å². The molecule has 1 aliphatic heterocycles. The first-order valence-corrected chi connectivity index (χ1v) is 4.45. The highest BCUT2D eigenvalue weighted by Gasteiger charge is 2.29. The lowest BCUT2D eigenvalue weighted by Crippen LogP contribution is -2.24. The molecule has 1 saturated heterocycles. The van der Waals surface area contributed by atoms with E-state index < -0.39 is 0 Å². The zero-order valence-corrected chi connectivity index (χ0v) is 8.24. The number of hydrogen-bond acceptors (Lipinski definition) is 3. The minimum atomic E-state index is -0.243. The van der Waals surface area contributed by atoms with Crippen LogP contribution in [0.3, 0.4) is 0 Å². The Labute approximate surface area is 77.8 Å². The second kappa shape index (κ2) is 3.77. The fourth-order valence-electron chi connectivity index (χ4n) is 1.20. The first kappa shape index (κ1) is 10.0. The first-order valence-electron chi connectivity index (χ1n) is 4.45. The summed E-state index contributed by atoms with van der Waals surface area (Å²) in [5.41, 5.74) is 0. The summed E-state index contributed by atoms with van der Waals surface area (Å²) in [5, 5.41) is 0. The van der Waals surface area contributed by atoms with Gasteiger partial charge in [0.2, 0.25) is 5.91 Å². The molecule has 1 fully saturated rings. The predicted molar refractivity (Wildman–Crippen MR) is 47.0 cm³/mol. The fraction of sp³-hybridized carbons (Fsp3) is 0.778. The number of ether oxygens (including phenoxy) is 1. The van der Waals surface area contributed by atoms with Crippen LogP contribution in [0.1, 0.15) is 20.3 Å². The van der Waals surface area contributed by atoms with Gasteiger partial charge in [-0.05, 0) is 0 Å². The third kappa shape index (κ3) is 2.44. The van der Waals surface area contributed by atoms with Gasteiger partial charge in [-0.15, -0.1) is 0 Å². The molecule has 0 aromatic heterocycles. The highest BCUT2D eigenvalue weighted by atomic mass is 16.5. The minimum Gasteiger partial charge on any atom is -0.460 e. The van der Waals surface area contributed by atoms with Crippen LogP contribution in [0.2, 0.25) is 0 Å². The molecule has 0 aromatic rings. The Morgan fingerprint density at radius 2 is 2.23 bits per heavy atom. The summed E-state index contributed by atoms with van der Waals surface area (Å²) in [7, 11) is 1.71. The molecule has 0 radical (unpaired) electrons. The summed E-state index contributed by atoms with van der Waals surface area (Å²) in [6.45, 7) is 4.09. The molecule has 1 unspecified atom stereocenters. The van der Waals surface area contributed by atoms with Crippen molar-refractivity contribution in [1.29, 1.82) is 0 Å². The van der Waals surface area contributed by atoms with Crippen LogP contribution >= 0.6 is 0 Å². The molecule has 74 valence electrons. The molecule has 1 heterocycles. The second-order valence-corrected chi connectivity index (χ2v) is 3.69. The lowest BCUT2D eigenvalue weighted by atomic mass is 10.2. The summed E-state index contributed by atoms with van der Waals surface area (Å²) in [5.74, 6) is -0.310. The van der Waals surface area contributed by atoms with Gasteiger partial charge in [0.1, 0.15) is 6.10 Å². The molecule has 1 amide bonds. The predicted octanol–water partition coefficient (Wildman–Crippen LogP) is 0.416. The van der Waals surface area contributed by atoms with Gasteiger partial charge in [0.15, 0.2) is 0 Å². The maximum absolute atomic E-state index is 11.2. The van der Waals surface area contributed by atoms with Crippen molar-refractivity contribution in [2.24, 2.45) is 5.92 Å². The first-order chi connectivity index (χ1) is 6.00. The average Bonchev–Trinajstić information content (AvgIpc) is 2.31. The zero-order chi connectivity index (χ0) is 10.0. The van der Waals surface area contributed by atoms with Crippen LogP contribution in [-0.2, 0) is 14.3 Å². The van der Waals surface area contributed by atoms with Crippen molar-refractivity contribution in [3.05, 3.63) is 0 Å². The molecular weight excluding hydrogens is 170 g/mol. The van der Waals surface area contributed by atoms with Gasteiger partial charge < -0.3 is 9.64 Å². The Balaban J connectivity index is 2.40. The maximum Gasteiger partial charge on any atom is 0.308 e. The van der Waals surface area contributed by atoms with E-state index in [4.69, 9.17) is 4.74 Å². The van der Waals surface area contributed by atoms with Crippen LogP contribution in [0.25, 0.3) is 0 Å². The summed E-state index contributed by atoms with van der Waals surface area (Å²) < 4.78 is 5.11. The van der Waals surface area contributed by atoms with E-state index in [-0.39, 0.29) is 23.9 Å². The van der Waals surface area contributed by atoms with E-state index in [1.54, 1.807) is 25.8 Å². The number of likely N-dealkylation sites (tertiary alicyclic amines) is 1. The highest BCUT2D eigenvalue weighted by Crippen LogP contribution is 2.13. The molecule has 0 aromatic carbocycles. The van der Waals surface area contributed by atoms with Crippen molar-refractivity contribution in [2.75, 3.05) is 13.6 Å². The molecular formula is C9H15NO3. The molecule has 0 spiro atoms. The van der Waals surface area contributed by atoms with Crippen LogP contribution in [0.4, 0.5) is 0 Å². The Morgan fingerprint density at radius 3 is 2.62 bits per heavy atom. The number of carbonyl (C=O) groups excluding carboxylic acids is 2. The summed E-state index contributed by atoms with van der Waals surface area (Å²) in [4.78, 5) is 23.8. The minimum absolute atomic E-state index is 0.0431. The number of esters is 1. The SMILES string of the molecule is CC(C)C(=O)OC1CC(=O)N(C)C1. The summed E-state index contributed by atoms with van der Waals surface area (Å²) >= 11 is 0. The van der Waals surface area contributed by atoms with E-state index in [1.165, 1.54) is 0 Å². The van der Waals surface area contributed by atoms with Gasteiger partial charge in [-0.1, -0.05) is 13.8 Å². The maximum atomic E-state index is 11.2. The van der Waals surface area contributed by atoms with Crippen LogP contribution in [0.5, 0.6) is 0 Å². The number of carbonyl (C=O) groups is 2. The Hall–Kier alpha value is -1.06. The Bertz CT molecular complexity index is 225. The van der Waals surface area contributed by atoms with Crippen molar-refractivity contribution in [1.82, 2.24) is 4.90 Å². The number of amides is 1. The van der Waals surface area contributed by atoms with Crippen LogP contribution in [0.15, 0.2) is 0 Å². The van der Waals surface area contributed by atoms with E-state index in [0.29, 0.717) is 13.0 Å². The third-order valence-corrected chi connectivity index (χ3v) is 2.06. The van der Waals surface area contributed by atoms with E-state index in [1.807, 2.05) is 0 Å². The average molecular weight is 185 g/mol. The van der Waals surface area contributed by atoms with Crippen LogP contribution < -0.4 is 0 Å². The molecule has 0 aliphatic carbocycles. The van der Waals surface area contributed by atoms with Crippen molar-refractivity contribution in [3.8, 4) is 0 Å². The molecule has 0 saturated carbocycles. The highest BCUT2D eigenvalue weighted by molar-refractivity contribution is 5.80. The van der Waals surface area contributed by atoms with Crippen molar-refractivity contribution >= 4 is 11.9 Å². The summed E-state index contributed by atoms with van der Waals surface area (Å²) in [6, 6.07) is 0. The topological polar surface area (TPSA) is 46.6 Å². The summed E-state index contributed by atoms with van der Waals surface area (Å²) in [6.07, 6.45) is 0.0852. The van der Waals surface area contributed by atoms with Crippen LogP contribution in [-0.4, -0.2) is 36.5 Å². The van der Waals surface area contributed by atoms with Gasteiger partial charge in [0.05, 0.1) is 18.9 Å². The normalized spacial score (nSPS) is 22.6. The number of hydrogen-bond donors (Lipinski definition) is 0. The second-order valence-electron chi connectivity index (χ2n) is 3.69. The Morgan fingerprint density at radius 1 is 1.62 bits per heavy atom. The van der Waals surface area contributed by atoms with Gasteiger partial charge in [0, 0.05) is 7.05 Å². The molecule has 1 aliphatic rings. The van der Waals surface area contributed by atoms with E-state index in [2.05, 4.69) is 0 Å². The van der Waals surface area contributed by atoms with E-state index in [9.17, 15) is 9.59 Å². The van der Waals surface area contributed by atoms with Gasteiger partial charge >= 0.3 is 5.97 Å². The van der Waals surface area contributed by atoms with Gasteiger partial charge in [-0.3, -0.25) is 9.59 Å². The number of likely N-dealkylation sites (N-methyl/N-ethyl adjacent to an activating group) is 1. The smallest absolute Gasteiger partial charge is 0.308 e. The lowest BCUT2D eigenvalue weighted by Gasteiger charge is -2.13. The fourth-order valence-corrected chi connectivity index (χ4v) is 1.20. The molecule has 0 N–H and O–H groups in total. The third-order valence-electron chi connectivity index (χ3n) is 2.06. The monoisotopic (exact) mass is 185 g/mol. The number of nitrogens with zero attached hydrogens (tertiary/aromatic N) is 1. The molecule has 1 atom stereocenters. The molecule has 13 heavy (non-hydrogen) atoms. The zero-order valence-electron chi connectivity index (χ0n) is 8.24. The van der Waals surface area contributed by atoms with E-state index >= 15 is 0 Å². The number of rotatable bonds is 2. The van der Waals surface area contributed by atoms with Crippen LogP contribution in [0, 0.1) is 5.92 Å². The molecule has 0 bridgehead atoms. The Kier molecular flexibility index (Phi) is 2.90. The van der Waals surface area contributed by atoms with Gasteiger partial charge in [-0.25, -0.2) is 0 Å². The largest absolute Gasteiger partial charge is 0.460 e. The van der Waals surface area contributed by atoms with Crippen molar-refractivity contribution in [2.45, 2.75) is 26.4 Å². The lowest BCUT2D eigenvalue weighted by molar-refractivity contribution is -0.152. The standard InChI is InChI=1S/C9H15NO3/c1-6(2)9(12)13-7-4-8(11)10(3)5-7/h6-7H,4-5H2,1-3H3. The molecule has 4 heteroatoms. The quantitative estimate of drug-likeness (QED) is 0.585. The molecule has 1 rings (SSSR count). The molecule has 4 nitrogen and oxygen atoms in total. The van der Waals surface area contributed by atoms with E-state index in [0.717, 1.165) is 0 Å². The van der Waals surface area contributed by atoms with Crippen molar-refractivity contribution in [3.63, 3.8) is 0 Å². The van der Waals surface area contributed by atoms with Gasteiger partial charge in [-0.2, -0.15) is 0 Å². The van der Waals surface area contributed by atoms with Gasteiger partial charge in [0.25, 0.3) is 0 Å².